The number of likely N-dealkylation sites (tertiary alicyclic amines) is 1. The van der Waals surface area contributed by atoms with Gasteiger partial charge in [-0.3, -0.25) is 9.59 Å². The van der Waals surface area contributed by atoms with Gasteiger partial charge in [0.1, 0.15) is 6.61 Å². The van der Waals surface area contributed by atoms with E-state index in [9.17, 15) is 9.59 Å². The molecule has 1 fully saturated rings. The van der Waals surface area contributed by atoms with E-state index in [0.717, 1.165) is 19.3 Å². The maximum absolute atomic E-state index is 12.0. The number of carbonyl (C=O) groups is 2. The first-order chi connectivity index (χ1) is 9.56. The van der Waals surface area contributed by atoms with E-state index in [-0.39, 0.29) is 24.5 Å². The monoisotopic (exact) mass is 285 g/mol. The molecule has 0 radical (unpaired) electrons. The quantitative estimate of drug-likeness (QED) is 0.697. The van der Waals surface area contributed by atoms with Gasteiger partial charge >= 0.3 is 0 Å². The Balaban J connectivity index is 2.24. The molecule has 0 aromatic heterocycles. The molecule has 1 atom stereocenters. The maximum atomic E-state index is 12.0. The van der Waals surface area contributed by atoms with Gasteiger partial charge in [-0.05, 0) is 26.2 Å². The highest BCUT2D eigenvalue weighted by Gasteiger charge is 2.23. The Kier molecular flexibility index (Phi) is 7.54. The molecule has 1 saturated heterocycles. The summed E-state index contributed by atoms with van der Waals surface area (Å²) in [5.74, 6) is 0.0580. The second kappa shape index (κ2) is 8.92. The largest absolute Gasteiger partial charge is 0.375 e. The van der Waals surface area contributed by atoms with E-state index in [1.54, 1.807) is 0 Å². The first-order valence-corrected chi connectivity index (χ1v) is 7.36. The van der Waals surface area contributed by atoms with Gasteiger partial charge in [0.25, 0.3) is 0 Å². The summed E-state index contributed by atoms with van der Waals surface area (Å²) in [6.07, 6.45) is 2.63. The molecule has 20 heavy (non-hydrogen) atoms. The summed E-state index contributed by atoms with van der Waals surface area (Å²) in [7, 11) is 1.51. The van der Waals surface area contributed by atoms with Crippen molar-refractivity contribution in [2.75, 3.05) is 33.4 Å². The molecule has 0 aliphatic carbocycles. The topological polar surface area (TPSA) is 70.7 Å². The molecule has 0 aromatic carbocycles. The highest BCUT2D eigenvalue weighted by atomic mass is 16.5. The third-order valence-electron chi connectivity index (χ3n) is 3.70. The van der Waals surface area contributed by atoms with Crippen LogP contribution in [0.15, 0.2) is 0 Å². The molecule has 1 aliphatic heterocycles. The van der Waals surface area contributed by atoms with Crippen LogP contribution in [0.4, 0.5) is 0 Å². The second-order valence-corrected chi connectivity index (χ2v) is 5.35. The lowest BCUT2D eigenvalue weighted by molar-refractivity contribution is -0.131. The van der Waals surface area contributed by atoms with E-state index in [0.29, 0.717) is 25.7 Å². The number of carbonyl (C=O) groups excluding carboxylic acids is 2. The van der Waals surface area contributed by atoms with Gasteiger partial charge in [-0.1, -0.05) is 6.92 Å². The zero-order chi connectivity index (χ0) is 15.0. The van der Waals surface area contributed by atoms with Crippen LogP contribution in [0.25, 0.3) is 0 Å². The van der Waals surface area contributed by atoms with Gasteiger partial charge < -0.3 is 20.3 Å². The van der Waals surface area contributed by atoms with Crippen LogP contribution >= 0.6 is 0 Å². The molecule has 0 aromatic rings. The number of nitrogens with zero attached hydrogens (tertiary/aromatic N) is 1. The van der Waals surface area contributed by atoms with E-state index < -0.39 is 0 Å². The number of ether oxygens (including phenoxy) is 1. The molecular weight excluding hydrogens is 258 g/mol. The highest BCUT2D eigenvalue weighted by molar-refractivity contribution is 5.79. The van der Waals surface area contributed by atoms with Crippen molar-refractivity contribution in [3.8, 4) is 0 Å². The average molecular weight is 285 g/mol. The van der Waals surface area contributed by atoms with Crippen LogP contribution in [0.2, 0.25) is 0 Å². The summed E-state index contributed by atoms with van der Waals surface area (Å²) >= 11 is 0. The molecule has 2 amide bonds. The summed E-state index contributed by atoms with van der Waals surface area (Å²) in [4.78, 5) is 25.3. The Morgan fingerprint density at radius 3 is 2.55 bits per heavy atom. The van der Waals surface area contributed by atoms with E-state index >= 15 is 0 Å². The van der Waals surface area contributed by atoms with Crippen molar-refractivity contribution in [2.45, 2.75) is 45.2 Å². The van der Waals surface area contributed by atoms with Crippen LogP contribution in [0.3, 0.4) is 0 Å². The number of piperidine rings is 1. The second-order valence-electron chi connectivity index (χ2n) is 5.35. The summed E-state index contributed by atoms with van der Waals surface area (Å²) in [5.41, 5.74) is 0. The lowest BCUT2D eigenvalue weighted by Gasteiger charge is -2.32. The minimum Gasteiger partial charge on any atom is -0.375 e. The summed E-state index contributed by atoms with van der Waals surface area (Å²) in [6.45, 7) is 6.08. The fourth-order valence-corrected chi connectivity index (χ4v) is 2.19. The summed E-state index contributed by atoms with van der Waals surface area (Å²) < 4.78 is 4.78. The van der Waals surface area contributed by atoms with E-state index in [1.165, 1.54) is 7.11 Å². The van der Waals surface area contributed by atoms with Crippen molar-refractivity contribution in [1.29, 1.82) is 0 Å². The van der Waals surface area contributed by atoms with Gasteiger partial charge in [0, 0.05) is 32.3 Å². The average Bonchev–Trinajstić information content (AvgIpc) is 2.45. The molecule has 6 nitrogen and oxygen atoms in total. The molecular formula is C14H27N3O3. The fraction of sp³-hybridized carbons (Fsp3) is 0.857. The molecule has 0 saturated carbocycles. The van der Waals surface area contributed by atoms with Gasteiger partial charge in [-0.15, -0.1) is 0 Å². The maximum Gasteiger partial charge on any atom is 0.246 e. The predicted molar refractivity (Wildman–Crippen MR) is 77.4 cm³/mol. The summed E-state index contributed by atoms with van der Waals surface area (Å²) in [6, 6.07) is 0.522. The SMILES string of the molecule is CCC(C)NCC(=O)N1CCC(NC(=O)COC)CC1. The molecule has 1 rings (SSSR count). The summed E-state index contributed by atoms with van der Waals surface area (Å²) in [5, 5.41) is 6.13. The number of amides is 2. The van der Waals surface area contributed by atoms with Crippen molar-refractivity contribution in [3.05, 3.63) is 0 Å². The number of nitrogens with one attached hydrogen (secondary N) is 2. The molecule has 1 unspecified atom stereocenters. The van der Waals surface area contributed by atoms with Crippen molar-refractivity contribution in [1.82, 2.24) is 15.5 Å². The molecule has 116 valence electrons. The van der Waals surface area contributed by atoms with Crippen LogP contribution < -0.4 is 10.6 Å². The number of hydrogen-bond donors (Lipinski definition) is 2. The van der Waals surface area contributed by atoms with Gasteiger partial charge in [0.15, 0.2) is 0 Å². The van der Waals surface area contributed by atoms with Crippen molar-refractivity contribution in [3.63, 3.8) is 0 Å². The van der Waals surface area contributed by atoms with Crippen LogP contribution in [-0.2, 0) is 14.3 Å². The van der Waals surface area contributed by atoms with Gasteiger partial charge in [-0.2, -0.15) is 0 Å². The Morgan fingerprint density at radius 2 is 2.00 bits per heavy atom. The van der Waals surface area contributed by atoms with E-state index in [2.05, 4.69) is 24.5 Å². The highest BCUT2D eigenvalue weighted by Crippen LogP contribution is 2.10. The van der Waals surface area contributed by atoms with Crippen LogP contribution in [0.5, 0.6) is 0 Å². The molecule has 2 N–H and O–H groups in total. The van der Waals surface area contributed by atoms with Crippen molar-refractivity contribution >= 4 is 11.8 Å². The minimum absolute atomic E-state index is 0.0873. The van der Waals surface area contributed by atoms with E-state index in [4.69, 9.17) is 4.74 Å². The Hall–Kier alpha value is -1.14. The Bertz CT molecular complexity index is 315. The van der Waals surface area contributed by atoms with Crippen molar-refractivity contribution in [2.24, 2.45) is 0 Å². The zero-order valence-electron chi connectivity index (χ0n) is 12.8. The third-order valence-corrected chi connectivity index (χ3v) is 3.70. The van der Waals surface area contributed by atoms with Gasteiger partial charge in [-0.25, -0.2) is 0 Å². The normalized spacial score (nSPS) is 17.9. The fourth-order valence-electron chi connectivity index (χ4n) is 2.19. The van der Waals surface area contributed by atoms with Gasteiger partial charge in [0.05, 0.1) is 6.54 Å². The number of methoxy groups -OCH3 is 1. The molecule has 6 heteroatoms. The number of rotatable bonds is 7. The molecule has 1 heterocycles. The molecule has 0 bridgehead atoms. The molecule has 1 aliphatic rings. The van der Waals surface area contributed by atoms with Crippen LogP contribution in [0.1, 0.15) is 33.1 Å². The van der Waals surface area contributed by atoms with Crippen LogP contribution in [-0.4, -0.2) is 62.1 Å². The minimum atomic E-state index is -0.0873. The lowest BCUT2D eigenvalue weighted by Crippen LogP contribution is -2.49. The smallest absolute Gasteiger partial charge is 0.246 e. The van der Waals surface area contributed by atoms with Crippen LogP contribution in [0, 0.1) is 0 Å². The van der Waals surface area contributed by atoms with E-state index in [1.807, 2.05) is 4.90 Å². The third kappa shape index (κ3) is 5.88. The van der Waals surface area contributed by atoms with Crippen molar-refractivity contribution < 1.29 is 14.3 Å². The predicted octanol–water partition coefficient (Wildman–Crippen LogP) is 0.128. The zero-order valence-corrected chi connectivity index (χ0v) is 12.8. The number of hydrogen-bond acceptors (Lipinski definition) is 4. The first-order valence-electron chi connectivity index (χ1n) is 7.36. The Labute approximate surface area is 121 Å². The van der Waals surface area contributed by atoms with Gasteiger partial charge in [0.2, 0.25) is 11.8 Å². The molecule has 0 spiro atoms. The first kappa shape index (κ1) is 16.9. The standard InChI is InChI=1S/C14H27N3O3/c1-4-11(2)15-9-14(19)17-7-5-12(6-8-17)16-13(18)10-20-3/h11-12,15H,4-10H2,1-3H3,(H,16,18). The Morgan fingerprint density at radius 1 is 1.35 bits per heavy atom. The lowest BCUT2D eigenvalue weighted by atomic mass is 10.0.